The summed E-state index contributed by atoms with van der Waals surface area (Å²) in [6.07, 6.45) is 2.04. The number of nitrogens with two attached hydrogens (primary N) is 2. The van der Waals surface area contributed by atoms with Gasteiger partial charge in [0.15, 0.2) is 0 Å². The number of aliphatic hydroxyl groups is 1. The molecule has 2 rings (SSSR count). The number of unbranched alkanes of at least 4 members (excludes halogenated alkanes) is 1. The Balaban J connectivity index is 1.96. The highest BCUT2D eigenvalue weighted by Crippen LogP contribution is 2.19. The Hall–Kier alpha value is -3.48. The highest BCUT2D eigenvalue weighted by atomic mass is 16.4. The number of carboxylic acid groups (broad SMARTS) is 1. The number of nitrogens with one attached hydrogen (secondary N) is 4. The lowest BCUT2D eigenvalue weighted by atomic mass is 10.0. The van der Waals surface area contributed by atoms with Gasteiger partial charge in [-0.1, -0.05) is 18.2 Å². The van der Waals surface area contributed by atoms with Gasteiger partial charge in [0.05, 0.1) is 12.6 Å². The monoisotopic (exact) mass is 490 g/mol. The quantitative estimate of drug-likeness (QED) is 0.149. The van der Waals surface area contributed by atoms with Crippen LogP contribution in [0.1, 0.15) is 31.7 Å². The first-order valence-corrected chi connectivity index (χ1v) is 11.4. The van der Waals surface area contributed by atoms with Crippen LogP contribution in [0.25, 0.3) is 10.9 Å². The van der Waals surface area contributed by atoms with Crippen molar-refractivity contribution in [3.05, 3.63) is 36.0 Å². The van der Waals surface area contributed by atoms with Crippen molar-refractivity contribution in [3.8, 4) is 0 Å². The molecule has 0 fully saturated rings. The van der Waals surface area contributed by atoms with Crippen molar-refractivity contribution in [1.29, 1.82) is 0 Å². The third-order valence-electron chi connectivity index (χ3n) is 5.56. The van der Waals surface area contributed by atoms with Gasteiger partial charge in [-0.15, -0.1) is 0 Å². The average Bonchev–Trinajstić information content (AvgIpc) is 3.23. The number of rotatable bonds is 14. The van der Waals surface area contributed by atoms with Gasteiger partial charge < -0.3 is 42.6 Å². The van der Waals surface area contributed by atoms with Crippen molar-refractivity contribution in [1.82, 2.24) is 20.9 Å². The number of aromatic nitrogens is 1. The molecule has 1 aromatic heterocycles. The number of aromatic amines is 1. The lowest BCUT2D eigenvalue weighted by molar-refractivity contribution is -0.141. The van der Waals surface area contributed by atoms with Crippen LogP contribution in [0, 0.1) is 0 Å². The smallest absolute Gasteiger partial charge is 0.326 e. The molecule has 4 unspecified atom stereocenters. The van der Waals surface area contributed by atoms with Crippen LogP contribution in [0.2, 0.25) is 0 Å². The standard InChI is InChI=1S/C23H34N6O6/c1-13(30)20(25)22(33)29-17(8-4-5-9-24)21(32)27-12-19(31)28-18(23(34)35)10-14-11-26-16-7-3-2-6-15(14)16/h2-3,6-7,11,13,17-18,20,26,30H,4-5,8-10,12,24-25H2,1H3,(H,27,32)(H,28,31)(H,29,33)(H,34,35). The lowest BCUT2D eigenvalue weighted by Crippen LogP contribution is -2.55. The van der Waals surface area contributed by atoms with Crippen LogP contribution in [-0.4, -0.2) is 76.2 Å². The van der Waals surface area contributed by atoms with Crippen molar-refractivity contribution < 1.29 is 29.4 Å². The molecule has 3 amide bonds. The van der Waals surface area contributed by atoms with Gasteiger partial charge in [-0.3, -0.25) is 14.4 Å². The normalized spacial score (nSPS) is 14.5. The lowest BCUT2D eigenvalue weighted by Gasteiger charge is -2.22. The van der Waals surface area contributed by atoms with E-state index < -0.39 is 54.5 Å². The molecule has 0 saturated heterocycles. The molecule has 0 bridgehead atoms. The van der Waals surface area contributed by atoms with E-state index in [0.717, 1.165) is 16.5 Å². The molecule has 0 saturated carbocycles. The number of hydrogen-bond acceptors (Lipinski definition) is 7. The molecule has 12 heteroatoms. The molecule has 35 heavy (non-hydrogen) atoms. The second kappa shape index (κ2) is 13.4. The van der Waals surface area contributed by atoms with E-state index in [4.69, 9.17) is 11.5 Å². The summed E-state index contributed by atoms with van der Waals surface area (Å²) in [4.78, 5) is 52.0. The zero-order valence-corrected chi connectivity index (χ0v) is 19.6. The molecule has 0 radical (unpaired) electrons. The maximum Gasteiger partial charge on any atom is 0.326 e. The number of aliphatic carboxylic acids is 1. The van der Waals surface area contributed by atoms with Gasteiger partial charge in [0.1, 0.15) is 18.1 Å². The molecule has 192 valence electrons. The van der Waals surface area contributed by atoms with Crippen molar-refractivity contribution in [3.63, 3.8) is 0 Å². The fourth-order valence-corrected chi connectivity index (χ4v) is 3.51. The van der Waals surface area contributed by atoms with E-state index in [2.05, 4.69) is 20.9 Å². The van der Waals surface area contributed by atoms with Crippen LogP contribution in [0.3, 0.4) is 0 Å². The van der Waals surface area contributed by atoms with Gasteiger partial charge in [-0.2, -0.15) is 0 Å². The molecule has 1 heterocycles. The molecule has 0 aliphatic carbocycles. The fraction of sp³-hybridized carbons (Fsp3) is 0.478. The number of carbonyl (C=O) groups excluding carboxylic acids is 3. The Morgan fingerprint density at radius 3 is 2.43 bits per heavy atom. The van der Waals surface area contributed by atoms with Crippen LogP contribution in [0.4, 0.5) is 0 Å². The molecule has 1 aromatic carbocycles. The molecule has 0 aliphatic heterocycles. The zero-order chi connectivity index (χ0) is 26.0. The van der Waals surface area contributed by atoms with E-state index in [1.807, 2.05) is 24.3 Å². The van der Waals surface area contributed by atoms with E-state index in [0.29, 0.717) is 19.4 Å². The Labute approximate surface area is 202 Å². The third-order valence-corrected chi connectivity index (χ3v) is 5.56. The fourth-order valence-electron chi connectivity index (χ4n) is 3.51. The summed E-state index contributed by atoms with van der Waals surface area (Å²) in [5.41, 5.74) is 12.7. The molecule has 0 spiro atoms. The highest BCUT2D eigenvalue weighted by Gasteiger charge is 2.27. The summed E-state index contributed by atoms with van der Waals surface area (Å²) >= 11 is 0. The molecule has 0 aliphatic rings. The number of benzene rings is 1. The number of H-pyrrole nitrogens is 1. The summed E-state index contributed by atoms with van der Waals surface area (Å²) in [5, 5.41) is 27.2. The summed E-state index contributed by atoms with van der Waals surface area (Å²) in [6.45, 7) is 1.28. The van der Waals surface area contributed by atoms with Crippen LogP contribution in [0.5, 0.6) is 0 Å². The molecule has 10 N–H and O–H groups in total. The molecular formula is C23H34N6O6. The number of hydrogen-bond donors (Lipinski definition) is 8. The molecule has 2 aromatic rings. The summed E-state index contributed by atoms with van der Waals surface area (Å²) in [7, 11) is 0. The minimum absolute atomic E-state index is 0.0496. The first kappa shape index (κ1) is 27.8. The average molecular weight is 491 g/mol. The van der Waals surface area contributed by atoms with Gasteiger partial charge in [-0.05, 0) is 44.4 Å². The first-order valence-electron chi connectivity index (χ1n) is 11.4. The van der Waals surface area contributed by atoms with Gasteiger partial charge in [0.25, 0.3) is 0 Å². The number of para-hydroxylation sites is 1. The van der Waals surface area contributed by atoms with Gasteiger partial charge in [0, 0.05) is 23.5 Å². The minimum atomic E-state index is -1.22. The van der Waals surface area contributed by atoms with Gasteiger partial charge in [-0.25, -0.2) is 4.79 Å². The Morgan fingerprint density at radius 2 is 1.77 bits per heavy atom. The van der Waals surface area contributed by atoms with E-state index >= 15 is 0 Å². The molecule has 4 atom stereocenters. The van der Waals surface area contributed by atoms with Crippen LogP contribution in [0.15, 0.2) is 30.5 Å². The van der Waals surface area contributed by atoms with Crippen LogP contribution in [-0.2, 0) is 25.6 Å². The topological polar surface area (TPSA) is 213 Å². The van der Waals surface area contributed by atoms with E-state index in [-0.39, 0.29) is 12.8 Å². The minimum Gasteiger partial charge on any atom is -0.480 e. The molecular weight excluding hydrogens is 456 g/mol. The highest BCUT2D eigenvalue weighted by molar-refractivity contribution is 5.93. The number of aliphatic hydroxyl groups excluding tert-OH is 1. The summed E-state index contributed by atoms with van der Waals surface area (Å²) in [6, 6.07) is 3.98. The van der Waals surface area contributed by atoms with E-state index in [1.165, 1.54) is 6.92 Å². The maximum atomic E-state index is 12.6. The van der Waals surface area contributed by atoms with Crippen LogP contribution >= 0.6 is 0 Å². The zero-order valence-electron chi connectivity index (χ0n) is 19.6. The maximum absolute atomic E-state index is 12.6. The van der Waals surface area contributed by atoms with Crippen molar-refractivity contribution in [2.24, 2.45) is 11.5 Å². The number of carbonyl (C=O) groups is 4. The van der Waals surface area contributed by atoms with Gasteiger partial charge >= 0.3 is 5.97 Å². The summed E-state index contributed by atoms with van der Waals surface area (Å²) < 4.78 is 0. The summed E-state index contributed by atoms with van der Waals surface area (Å²) in [5.74, 6) is -3.25. The molecule has 12 nitrogen and oxygen atoms in total. The van der Waals surface area contributed by atoms with Crippen molar-refractivity contribution in [2.75, 3.05) is 13.1 Å². The third kappa shape index (κ3) is 8.35. The Morgan fingerprint density at radius 1 is 1.06 bits per heavy atom. The van der Waals surface area contributed by atoms with Gasteiger partial charge in [0.2, 0.25) is 17.7 Å². The second-order valence-electron chi connectivity index (χ2n) is 8.35. The number of amides is 3. The predicted octanol–water partition coefficient (Wildman–Crippen LogP) is -1.28. The number of carboxylic acids is 1. The SMILES string of the molecule is CC(O)C(N)C(=O)NC(CCCCN)C(=O)NCC(=O)NC(Cc1c[nH]c2ccccc12)C(=O)O. The van der Waals surface area contributed by atoms with E-state index in [9.17, 15) is 29.4 Å². The Bertz CT molecular complexity index is 1020. The Kier molecular flexibility index (Phi) is 10.6. The second-order valence-corrected chi connectivity index (χ2v) is 8.35. The predicted molar refractivity (Wildman–Crippen MR) is 129 cm³/mol. The van der Waals surface area contributed by atoms with Crippen LogP contribution < -0.4 is 27.4 Å². The largest absolute Gasteiger partial charge is 0.480 e. The first-order chi connectivity index (χ1) is 16.6. The van der Waals surface area contributed by atoms with Crippen molar-refractivity contribution >= 4 is 34.6 Å². The number of fused-ring (bicyclic) bond motifs is 1. The van der Waals surface area contributed by atoms with Crippen molar-refractivity contribution in [2.45, 2.75) is 56.8 Å². The van der Waals surface area contributed by atoms with E-state index in [1.54, 1.807) is 6.20 Å².